The van der Waals surface area contributed by atoms with Gasteiger partial charge in [0.2, 0.25) is 0 Å². The minimum absolute atomic E-state index is 0.0811. The number of anilines is 1. The molecule has 0 bridgehead atoms. The third-order valence-corrected chi connectivity index (χ3v) is 7.17. The lowest BCUT2D eigenvalue weighted by atomic mass is 9.64. The molecule has 1 aliphatic carbocycles. The number of fused-ring (bicyclic) bond motifs is 5. The fourth-order valence-corrected chi connectivity index (χ4v) is 6.00. The van der Waals surface area contributed by atoms with E-state index in [0.29, 0.717) is 11.1 Å². The summed E-state index contributed by atoms with van der Waals surface area (Å²) >= 11 is 0. The lowest BCUT2D eigenvalue weighted by molar-refractivity contribution is -0.118. The molecule has 0 amide bonds. The molecule has 6 rings (SSSR count). The lowest BCUT2D eigenvalue weighted by Gasteiger charge is -2.37. The Morgan fingerprint density at radius 2 is 1.62 bits per heavy atom. The Balaban J connectivity index is 1.69. The van der Waals surface area contributed by atoms with Crippen molar-refractivity contribution in [3.63, 3.8) is 0 Å². The molecule has 1 aromatic heterocycles. The van der Waals surface area contributed by atoms with E-state index in [2.05, 4.69) is 4.98 Å². The van der Waals surface area contributed by atoms with Gasteiger partial charge in [-0.1, -0.05) is 60.7 Å². The van der Waals surface area contributed by atoms with E-state index in [-0.39, 0.29) is 17.3 Å². The average Bonchev–Trinajstić information content (AvgIpc) is 3.27. The first-order valence-electron chi connectivity index (χ1n) is 10.7. The van der Waals surface area contributed by atoms with Crippen LogP contribution in [0.3, 0.4) is 0 Å². The van der Waals surface area contributed by atoms with Gasteiger partial charge in [0.25, 0.3) is 0 Å². The first kappa shape index (κ1) is 18.9. The smallest absolute Gasteiger partial charge is 0.180 e. The van der Waals surface area contributed by atoms with E-state index in [1.807, 2.05) is 47.4 Å². The predicted molar refractivity (Wildman–Crippen MR) is 121 cm³/mol. The summed E-state index contributed by atoms with van der Waals surface area (Å²) in [5.74, 6) is -1.16. The van der Waals surface area contributed by atoms with Gasteiger partial charge in [0.1, 0.15) is 5.41 Å². The molecule has 0 saturated carbocycles. The Morgan fingerprint density at radius 1 is 0.938 bits per heavy atom. The molecule has 5 heteroatoms. The Bertz CT molecular complexity index is 1290. The summed E-state index contributed by atoms with van der Waals surface area (Å²) in [7, 11) is 0. The molecule has 3 aliphatic rings. The van der Waals surface area contributed by atoms with Gasteiger partial charge in [-0.15, -0.1) is 0 Å². The average molecular weight is 420 g/mol. The van der Waals surface area contributed by atoms with Crippen LogP contribution in [0.25, 0.3) is 6.08 Å². The Hall–Kier alpha value is -3.86. The van der Waals surface area contributed by atoms with E-state index in [0.717, 1.165) is 16.8 Å². The van der Waals surface area contributed by atoms with Crippen LogP contribution in [-0.4, -0.2) is 34.4 Å². The van der Waals surface area contributed by atoms with Crippen molar-refractivity contribution < 1.29 is 14.4 Å². The number of pyridine rings is 1. The van der Waals surface area contributed by atoms with Crippen molar-refractivity contribution in [2.24, 2.45) is 5.41 Å². The quantitative estimate of drug-likeness (QED) is 0.584. The molecule has 2 aliphatic heterocycles. The summed E-state index contributed by atoms with van der Waals surface area (Å²) in [6.45, 7) is 1.54. The molecule has 5 nitrogen and oxygen atoms in total. The van der Waals surface area contributed by atoms with Crippen LogP contribution in [-0.2, 0) is 4.79 Å². The second-order valence-electron chi connectivity index (χ2n) is 8.66. The molecule has 1 spiro atoms. The molecular weight excluding hydrogens is 400 g/mol. The Morgan fingerprint density at radius 3 is 2.28 bits per heavy atom. The maximum atomic E-state index is 14.1. The Kier molecular flexibility index (Phi) is 3.87. The molecule has 1 saturated heterocycles. The summed E-state index contributed by atoms with van der Waals surface area (Å²) in [6.07, 6.45) is 7.23. The second kappa shape index (κ2) is 6.57. The highest BCUT2D eigenvalue weighted by Gasteiger charge is 2.71. The number of benzene rings is 2. The van der Waals surface area contributed by atoms with E-state index in [1.165, 1.54) is 0 Å². The van der Waals surface area contributed by atoms with Crippen LogP contribution in [0, 0.1) is 5.41 Å². The zero-order valence-corrected chi connectivity index (χ0v) is 17.4. The number of hydrogen-bond donors (Lipinski definition) is 0. The van der Waals surface area contributed by atoms with Crippen molar-refractivity contribution in [3.8, 4) is 0 Å². The molecule has 3 atom stereocenters. The van der Waals surface area contributed by atoms with Gasteiger partial charge in [0, 0.05) is 35.1 Å². The number of carbonyl (C=O) groups excluding carboxylic acids is 3. The zero-order valence-electron chi connectivity index (χ0n) is 17.4. The number of para-hydroxylation sites is 1. The minimum atomic E-state index is -1.42. The van der Waals surface area contributed by atoms with Gasteiger partial charge in [-0.3, -0.25) is 19.4 Å². The SMILES string of the molecule is CC(=O)[C@H]1[C@H](c2cccnc2)C2(C(=O)c3ccccc3C2=O)[C@@H]2C=Cc3ccccc3N21. The summed E-state index contributed by atoms with van der Waals surface area (Å²) < 4.78 is 0. The van der Waals surface area contributed by atoms with Gasteiger partial charge in [0.05, 0.1) is 12.1 Å². The molecular formula is C27H20N2O3. The van der Waals surface area contributed by atoms with Crippen molar-refractivity contribution in [2.75, 3.05) is 4.90 Å². The van der Waals surface area contributed by atoms with Gasteiger partial charge in [0.15, 0.2) is 17.3 Å². The number of carbonyl (C=O) groups is 3. The molecule has 2 aromatic carbocycles. The highest BCUT2D eigenvalue weighted by Crippen LogP contribution is 2.60. The number of ketones is 3. The van der Waals surface area contributed by atoms with E-state index >= 15 is 0 Å². The number of nitrogens with zero attached hydrogens (tertiary/aromatic N) is 2. The normalized spacial score (nSPS) is 24.4. The molecule has 3 aromatic rings. The predicted octanol–water partition coefficient (Wildman–Crippen LogP) is 4.10. The fraction of sp³-hybridized carbons (Fsp3) is 0.185. The fourth-order valence-electron chi connectivity index (χ4n) is 6.00. The number of Topliss-reactive ketones (excluding diaryl/α,β-unsaturated/α-hetero) is 3. The summed E-state index contributed by atoms with van der Waals surface area (Å²) in [6, 6.07) is 17.2. The topological polar surface area (TPSA) is 67.3 Å². The zero-order chi connectivity index (χ0) is 22.0. The van der Waals surface area contributed by atoms with E-state index in [1.54, 1.807) is 49.6 Å². The molecule has 1 fully saturated rings. The lowest BCUT2D eigenvalue weighted by Crippen LogP contribution is -2.48. The molecule has 0 unspecified atom stereocenters. The molecule has 3 heterocycles. The van der Waals surface area contributed by atoms with Gasteiger partial charge >= 0.3 is 0 Å². The van der Waals surface area contributed by atoms with E-state index in [9.17, 15) is 14.4 Å². The summed E-state index contributed by atoms with van der Waals surface area (Å²) in [5, 5.41) is 0. The van der Waals surface area contributed by atoms with Crippen LogP contribution < -0.4 is 4.90 Å². The standard InChI is InChI=1S/C27H20N2O3/c1-16(30)24-23(18-8-6-14-28-15-18)27(25(31)19-9-3-4-10-20(19)26(27)32)22-13-12-17-7-2-5-11-21(17)29(22)24/h2-15,22-24H,1H3/t22-,23-,24-/m0/s1. The highest BCUT2D eigenvalue weighted by atomic mass is 16.2. The van der Waals surface area contributed by atoms with Crippen LogP contribution in [0.1, 0.15) is 44.7 Å². The highest BCUT2D eigenvalue weighted by molar-refractivity contribution is 6.32. The molecule has 0 radical (unpaired) electrons. The van der Waals surface area contributed by atoms with Crippen LogP contribution in [0.15, 0.2) is 79.1 Å². The van der Waals surface area contributed by atoms with Crippen molar-refractivity contribution >= 4 is 29.1 Å². The van der Waals surface area contributed by atoms with Crippen LogP contribution in [0.4, 0.5) is 5.69 Å². The van der Waals surface area contributed by atoms with E-state index < -0.39 is 23.4 Å². The first-order chi connectivity index (χ1) is 15.6. The van der Waals surface area contributed by atoms with Crippen molar-refractivity contribution in [2.45, 2.75) is 24.9 Å². The van der Waals surface area contributed by atoms with Crippen LogP contribution in [0.5, 0.6) is 0 Å². The Labute approximate surface area is 185 Å². The first-order valence-corrected chi connectivity index (χ1v) is 10.7. The van der Waals surface area contributed by atoms with E-state index in [4.69, 9.17) is 0 Å². The maximum Gasteiger partial charge on any atom is 0.180 e. The molecule has 0 N–H and O–H groups in total. The van der Waals surface area contributed by atoms with Gasteiger partial charge in [-0.25, -0.2) is 0 Å². The second-order valence-corrected chi connectivity index (χ2v) is 8.66. The van der Waals surface area contributed by atoms with Gasteiger partial charge in [-0.05, 0) is 30.2 Å². The van der Waals surface area contributed by atoms with Gasteiger partial charge in [-0.2, -0.15) is 0 Å². The summed E-state index contributed by atoms with van der Waals surface area (Å²) in [4.78, 5) is 47.8. The third-order valence-electron chi connectivity index (χ3n) is 7.17. The molecule has 32 heavy (non-hydrogen) atoms. The van der Waals surface area contributed by atoms with Crippen LogP contribution >= 0.6 is 0 Å². The largest absolute Gasteiger partial charge is 0.352 e. The van der Waals surface area contributed by atoms with Crippen molar-refractivity contribution in [3.05, 3.63) is 101 Å². The van der Waals surface area contributed by atoms with Crippen molar-refractivity contribution in [1.82, 2.24) is 4.98 Å². The third kappa shape index (κ3) is 2.18. The number of aromatic nitrogens is 1. The summed E-state index contributed by atoms with van der Waals surface area (Å²) in [5.41, 5.74) is 2.00. The maximum absolute atomic E-state index is 14.1. The molecule has 156 valence electrons. The number of hydrogen-bond acceptors (Lipinski definition) is 5. The number of rotatable bonds is 2. The minimum Gasteiger partial charge on any atom is -0.352 e. The van der Waals surface area contributed by atoms with Crippen molar-refractivity contribution in [1.29, 1.82) is 0 Å². The van der Waals surface area contributed by atoms with Crippen LogP contribution in [0.2, 0.25) is 0 Å². The van der Waals surface area contributed by atoms with Gasteiger partial charge < -0.3 is 4.90 Å². The monoisotopic (exact) mass is 420 g/mol.